The van der Waals surface area contributed by atoms with Crippen molar-refractivity contribution in [3.63, 3.8) is 0 Å². The molecule has 8 heteroatoms. The lowest BCUT2D eigenvalue weighted by Gasteiger charge is -2.08. The van der Waals surface area contributed by atoms with E-state index >= 15 is 0 Å². The number of aryl methyl sites for hydroxylation is 1. The molecular formula is C10H17F2N3O2S. The quantitative estimate of drug-likeness (QED) is 0.809. The summed E-state index contributed by atoms with van der Waals surface area (Å²) in [4.78, 5) is 0. The summed E-state index contributed by atoms with van der Waals surface area (Å²) in [5.41, 5.74) is 0.194. The summed E-state index contributed by atoms with van der Waals surface area (Å²) in [7, 11) is -3.19. The molecule has 0 aliphatic carbocycles. The fourth-order valence-electron chi connectivity index (χ4n) is 1.51. The molecule has 18 heavy (non-hydrogen) atoms. The molecule has 104 valence electrons. The smallest absolute Gasteiger partial charge is 0.280 e. The van der Waals surface area contributed by atoms with Gasteiger partial charge in [0.15, 0.2) is 0 Å². The summed E-state index contributed by atoms with van der Waals surface area (Å²) in [5, 5.41) is 6.77. The van der Waals surface area contributed by atoms with Gasteiger partial charge in [-0.15, -0.1) is 0 Å². The van der Waals surface area contributed by atoms with E-state index < -0.39 is 16.3 Å². The summed E-state index contributed by atoms with van der Waals surface area (Å²) in [6.45, 7) is 2.78. The molecule has 1 aromatic heterocycles. The number of aromatic nitrogens is 2. The van der Waals surface area contributed by atoms with E-state index in [4.69, 9.17) is 0 Å². The Kier molecular flexibility index (Phi) is 5.21. The number of hydrogen-bond acceptors (Lipinski definition) is 4. The Morgan fingerprint density at radius 1 is 1.50 bits per heavy atom. The van der Waals surface area contributed by atoms with E-state index in [-0.39, 0.29) is 18.0 Å². The third-order valence-corrected chi connectivity index (χ3v) is 3.33. The van der Waals surface area contributed by atoms with E-state index in [9.17, 15) is 17.2 Å². The number of nitrogens with one attached hydrogen (secondary N) is 1. The first-order valence-corrected chi connectivity index (χ1v) is 7.62. The van der Waals surface area contributed by atoms with Crippen LogP contribution in [0.4, 0.5) is 8.78 Å². The van der Waals surface area contributed by atoms with Crippen molar-refractivity contribution in [1.29, 1.82) is 0 Å². The lowest BCUT2D eigenvalue weighted by molar-refractivity contribution is 0.138. The van der Waals surface area contributed by atoms with Crippen molar-refractivity contribution in [2.24, 2.45) is 0 Å². The average Bonchev–Trinajstić information content (AvgIpc) is 2.65. The number of rotatable bonds is 7. The van der Waals surface area contributed by atoms with Crippen molar-refractivity contribution >= 4 is 9.84 Å². The number of nitrogens with zero attached hydrogens (tertiary/aromatic N) is 2. The van der Waals surface area contributed by atoms with Crippen LogP contribution < -0.4 is 5.32 Å². The van der Waals surface area contributed by atoms with Gasteiger partial charge in [-0.25, -0.2) is 17.2 Å². The lowest BCUT2D eigenvalue weighted by Crippen LogP contribution is -2.17. The molecule has 0 atom stereocenters. The van der Waals surface area contributed by atoms with Gasteiger partial charge in [0.25, 0.3) is 6.43 Å². The van der Waals surface area contributed by atoms with Crippen LogP contribution in [-0.2, 0) is 22.9 Å². The minimum atomic E-state index is -3.19. The SMILES string of the molecule is CCNCc1cnn(CCS(C)(=O)=O)c1C(F)F. The molecule has 5 nitrogen and oxygen atoms in total. The van der Waals surface area contributed by atoms with Crippen molar-refractivity contribution in [2.75, 3.05) is 18.6 Å². The van der Waals surface area contributed by atoms with Crippen LogP contribution in [-0.4, -0.2) is 36.8 Å². The van der Waals surface area contributed by atoms with Gasteiger partial charge in [0.1, 0.15) is 15.5 Å². The predicted molar refractivity (Wildman–Crippen MR) is 64.3 cm³/mol. The minimum Gasteiger partial charge on any atom is -0.313 e. The van der Waals surface area contributed by atoms with Crippen LogP contribution in [0.15, 0.2) is 6.20 Å². The first kappa shape index (κ1) is 15.0. The highest BCUT2D eigenvalue weighted by Crippen LogP contribution is 2.22. The van der Waals surface area contributed by atoms with Crippen molar-refractivity contribution in [1.82, 2.24) is 15.1 Å². The number of sulfone groups is 1. The van der Waals surface area contributed by atoms with Crippen molar-refractivity contribution in [3.05, 3.63) is 17.5 Å². The van der Waals surface area contributed by atoms with E-state index in [1.165, 1.54) is 6.20 Å². The normalized spacial score (nSPS) is 12.3. The molecule has 0 aromatic carbocycles. The Balaban J connectivity index is 2.88. The van der Waals surface area contributed by atoms with Gasteiger partial charge in [-0.1, -0.05) is 6.92 Å². The minimum absolute atomic E-state index is 0.0510. The number of halogens is 2. The van der Waals surface area contributed by atoms with Gasteiger partial charge in [-0.05, 0) is 6.54 Å². The van der Waals surface area contributed by atoms with Crippen LogP contribution in [0.1, 0.15) is 24.6 Å². The zero-order valence-electron chi connectivity index (χ0n) is 10.4. The largest absolute Gasteiger partial charge is 0.313 e. The standard InChI is InChI=1S/C10H17F2N3O2S/c1-3-13-6-8-7-14-15(9(8)10(11)12)4-5-18(2,16)17/h7,10,13H,3-6H2,1-2H3. The maximum absolute atomic E-state index is 12.9. The van der Waals surface area contributed by atoms with Crippen molar-refractivity contribution in [2.45, 2.75) is 26.4 Å². The molecule has 0 aliphatic rings. The second kappa shape index (κ2) is 6.24. The van der Waals surface area contributed by atoms with Gasteiger partial charge in [-0.3, -0.25) is 4.68 Å². The zero-order chi connectivity index (χ0) is 13.8. The summed E-state index contributed by atoms with van der Waals surface area (Å²) in [5.74, 6) is -0.199. The van der Waals surface area contributed by atoms with E-state index in [2.05, 4.69) is 10.4 Å². The Hall–Kier alpha value is -1.02. The maximum Gasteiger partial charge on any atom is 0.280 e. The molecule has 1 aromatic rings. The third kappa shape index (κ3) is 4.34. The van der Waals surface area contributed by atoms with Gasteiger partial charge in [0.2, 0.25) is 0 Å². The summed E-state index contributed by atoms with van der Waals surface area (Å²) in [6.07, 6.45) is -0.245. The molecule has 0 unspecified atom stereocenters. The lowest BCUT2D eigenvalue weighted by atomic mass is 10.2. The van der Waals surface area contributed by atoms with E-state index in [1.807, 2.05) is 6.92 Å². The summed E-state index contributed by atoms with van der Waals surface area (Å²) in [6, 6.07) is 0. The number of alkyl halides is 2. The number of hydrogen-bond donors (Lipinski definition) is 1. The molecule has 0 saturated heterocycles. The van der Waals surface area contributed by atoms with Crippen LogP contribution in [0.25, 0.3) is 0 Å². The molecule has 0 saturated carbocycles. The van der Waals surface area contributed by atoms with Gasteiger partial charge in [0.05, 0.1) is 18.5 Å². The fraction of sp³-hybridized carbons (Fsp3) is 0.700. The van der Waals surface area contributed by atoms with Crippen LogP contribution in [0.3, 0.4) is 0 Å². The molecule has 0 spiro atoms. The summed E-state index contributed by atoms with van der Waals surface area (Å²) < 4.78 is 49.0. The molecule has 1 heterocycles. The molecule has 0 amide bonds. The Labute approximate surface area is 105 Å². The molecule has 0 bridgehead atoms. The Bertz CT molecular complexity index is 485. The van der Waals surface area contributed by atoms with Gasteiger partial charge < -0.3 is 5.32 Å². The van der Waals surface area contributed by atoms with Crippen molar-refractivity contribution < 1.29 is 17.2 Å². The average molecular weight is 281 g/mol. The zero-order valence-corrected chi connectivity index (χ0v) is 11.2. The predicted octanol–water partition coefficient (Wildman–Crippen LogP) is 0.975. The van der Waals surface area contributed by atoms with Crippen LogP contribution in [0, 0.1) is 0 Å². The first-order chi connectivity index (χ1) is 8.35. The van der Waals surface area contributed by atoms with Crippen LogP contribution in [0.5, 0.6) is 0 Å². The van der Waals surface area contributed by atoms with E-state index in [1.54, 1.807) is 0 Å². The second-order valence-corrected chi connectivity index (χ2v) is 6.25. The van der Waals surface area contributed by atoms with Gasteiger partial charge in [-0.2, -0.15) is 5.10 Å². The molecule has 0 fully saturated rings. The summed E-state index contributed by atoms with van der Waals surface area (Å²) >= 11 is 0. The highest BCUT2D eigenvalue weighted by molar-refractivity contribution is 7.90. The molecule has 1 rings (SSSR count). The highest BCUT2D eigenvalue weighted by atomic mass is 32.2. The van der Waals surface area contributed by atoms with E-state index in [0.717, 1.165) is 10.9 Å². The topological polar surface area (TPSA) is 64.0 Å². The Morgan fingerprint density at radius 2 is 2.17 bits per heavy atom. The second-order valence-electron chi connectivity index (χ2n) is 3.99. The monoisotopic (exact) mass is 281 g/mol. The van der Waals surface area contributed by atoms with Crippen LogP contribution in [0.2, 0.25) is 0 Å². The molecule has 0 radical (unpaired) electrons. The molecule has 0 aliphatic heterocycles. The van der Waals surface area contributed by atoms with E-state index in [0.29, 0.717) is 18.7 Å². The molecular weight excluding hydrogens is 264 g/mol. The third-order valence-electron chi connectivity index (χ3n) is 2.41. The maximum atomic E-state index is 12.9. The molecule has 1 N–H and O–H groups in total. The van der Waals surface area contributed by atoms with Gasteiger partial charge >= 0.3 is 0 Å². The highest BCUT2D eigenvalue weighted by Gasteiger charge is 2.20. The first-order valence-electron chi connectivity index (χ1n) is 5.56. The van der Waals surface area contributed by atoms with Crippen LogP contribution >= 0.6 is 0 Å². The Morgan fingerprint density at radius 3 is 2.67 bits per heavy atom. The van der Waals surface area contributed by atoms with Crippen molar-refractivity contribution in [3.8, 4) is 0 Å². The fourth-order valence-corrected chi connectivity index (χ4v) is 2.02. The van der Waals surface area contributed by atoms with Gasteiger partial charge in [0, 0.05) is 18.4 Å².